The van der Waals surface area contributed by atoms with Crippen molar-refractivity contribution >= 4 is 40.4 Å². The van der Waals surface area contributed by atoms with Crippen LogP contribution in [0, 0.1) is 5.82 Å². The van der Waals surface area contributed by atoms with E-state index in [0.29, 0.717) is 33.3 Å². The van der Waals surface area contributed by atoms with E-state index in [2.05, 4.69) is 15.0 Å². The van der Waals surface area contributed by atoms with Crippen molar-refractivity contribution in [3.63, 3.8) is 0 Å². The molecular formula is C35H28FN6O3S+. The van der Waals surface area contributed by atoms with Crippen LogP contribution in [0.5, 0.6) is 0 Å². The molecule has 7 rings (SSSR count). The Morgan fingerprint density at radius 3 is 2.57 bits per heavy atom. The highest BCUT2D eigenvalue weighted by Crippen LogP contribution is 2.42. The maximum absolute atomic E-state index is 14.2. The van der Waals surface area contributed by atoms with Crippen LogP contribution in [-0.4, -0.2) is 50.8 Å². The van der Waals surface area contributed by atoms with E-state index in [1.54, 1.807) is 73.4 Å². The summed E-state index contributed by atoms with van der Waals surface area (Å²) in [6.45, 7) is 0. The number of ketones is 1. The molecule has 9 nitrogen and oxygen atoms in total. The number of nitrogens with one attached hydrogen (secondary N) is 1. The second-order valence-electron chi connectivity index (χ2n) is 11.1. The molecule has 46 heavy (non-hydrogen) atoms. The highest BCUT2D eigenvalue weighted by atomic mass is 32.2. The molecule has 6 aromatic rings. The van der Waals surface area contributed by atoms with Crippen molar-refractivity contribution in [2.45, 2.75) is 11.1 Å². The van der Waals surface area contributed by atoms with Gasteiger partial charge in [0.25, 0.3) is 0 Å². The highest BCUT2D eigenvalue weighted by molar-refractivity contribution is 7.99. The van der Waals surface area contributed by atoms with Gasteiger partial charge in [-0.15, -0.1) is 17.2 Å². The lowest BCUT2D eigenvalue weighted by atomic mass is 10.00. The van der Waals surface area contributed by atoms with E-state index in [-0.39, 0.29) is 28.9 Å². The topological polar surface area (TPSA) is 93.1 Å². The van der Waals surface area contributed by atoms with E-state index in [1.807, 2.05) is 48.8 Å². The van der Waals surface area contributed by atoms with Crippen LogP contribution in [0.3, 0.4) is 0 Å². The van der Waals surface area contributed by atoms with Gasteiger partial charge in [0.15, 0.2) is 12.0 Å². The summed E-state index contributed by atoms with van der Waals surface area (Å²) in [7, 11) is 3.32. The third kappa shape index (κ3) is 5.24. The van der Waals surface area contributed by atoms with E-state index < -0.39 is 0 Å². The molecule has 1 atom stereocenters. The standard InChI is InChI=1S/C35H27FN6O3S/c1-39(2)35(45)42-20-29(27-12-9-23(17-30(27)42)22-7-10-26(36)11-8-22)32(43)28-13-16-41-31(28)21-46-34(41)25-6-4-15-40(19-25)38-33(44)24-5-3-14-37-18-24/h3-20,34H,21H2,1-2H3/p+1/t34-/m1/s1. The maximum Gasteiger partial charge on any atom is 0.328 e. The summed E-state index contributed by atoms with van der Waals surface area (Å²) in [5.74, 6) is -0.171. The summed E-state index contributed by atoms with van der Waals surface area (Å²) in [5.41, 5.74) is 8.34. The molecule has 228 valence electrons. The molecule has 1 N–H and O–H groups in total. The number of thioether (sulfide) groups is 1. The van der Waals surface area contributed by atoms with Gasteiger partial charge in [0.05, 0.1) is 16.6 Å². The third-order valence-electron chi connectivity index (χ3n) is 7.98. The lowest BCUT2D eigenvalue weighted by Crippen LogP contribution is -2.48. The number of nitrogens with zero attached hydrogens (tertiary/aromatic N) is 5. The van der Waals surface area contributed by atoms with Crippen LogP contribution in [0.1, 0.15) is 42.9 Å². The summed E-state index contributed by atoms with van der Waals surface area (Å²) in [5, 5.41) is 0.552. The van der Waals surface area contributed by atoms with Crippen molar-refractivity contribution < 1.29 is 23.5 Å². The summed E-state index contributed by atoms with van der Waals surface area (Å²) in [6.07, 6.45) is 10.3. The first kappa shape index (κ1) is 29.2. The van der Waals surface area contributed by atoms with E-state index in [4.69, 9.17) is 0 Å². The van der Waals surface area contributed by atoms with Crippen molar-refractivity contribution in [2.24, 2.45) is 0 Å². The zero-order valence-electron chi connectivity index (χ0n) is 24.9. The molecule has 0 spiro atoms. The van der Waals surface area contributed by atoms with Crippen LogP contribution >= 0.6 is 11.8 Å². The fourth-order valence-corrected chi connectivity index (χ4v) is 7.00. The summed E-state index contributed by atoms with van der Waals surface area (Å²) < 4.78 is 18.8. The van der Waals surface area contributed by atoms with Crippen LogP contribution in [-0.2, 0) is 5.75 Å². The smallest absolute Gasteiger partial charge is 0.328 e. The second-order valence-corrected chi connectivity index (χ2v) is 12.2. The molecule has 2 amide bonds. The van der Waals surface area contributed by atoms with Crippen LogP contribution in [0.2, 0.25) is 0 Å². The fraction of sp³-hybridized carbons (Fsp3) is 0.114. The van der Waals surface area contributed by atoms with Gasteiger partial charge in [-0.1, -0.05) is 28.9 Å². The van der Waals surface area contributed by atoms with E-state index in [1.165, 1.54) is 27.8 Å². The average molecular weight is 632 g/mol. The molecule has 5 heterocycles. The largest absolute Gasteiger partial charge is 0.333 e. The quantitative estimate of drug-likeness (QED) is 0.183. The molecule has 1 aliphatic rings. The average Bonchev–Trinajstić information content (AvgIpc) is 3.79. The third-order valence-corrected chi connectivity index (χ3v) is 9.23. The van der Waals surface area contributed by atoms with Gasteiger partial charge in [-0.05, 0) is 53.6 Å². The van der Waals surface area contributed by atoms with Crippen LogP contribution in [0.4, 0.5) is 9.18 Å². The first-order valence-corrected chi connectivity index (χ1v) is 15.5. The van der Waals surface area contributed by atoms with Gasteiger partial charge < -0.3 is 9.47 Å². The van der Waals surface area contributed by atoms with Crippen LogP contribution < -0.4 is 10.1 Å². The first-order valence-electron chi connectivity index (χ1n) is 14.5. The van der Waals surface area contributed by atoms with Gasteiger partial charge in [-0.3, -0.25) is 19.1 Å². The molecule has 0 unspecified atom stereocenters. The van der Waals surface area contributed by atoms with Crippen molar-refractivity contribution in [2.75, 3.05) is 19.5 Å². The second kappa shape index (κ2) is 11.8. The maximum atomic E-state index is 14.2. The Balaban J connectivity index is 1.21. The number of hydrogen-bond donors (Lipinski definition) is 1. The molecule has 0 bridgehead atoms. The Labute approximate surface area is 267 Å². The molecule has 2 aromatic carbocycles. The first-order chi connectivity index (χ1) is 22.3. The number of pyridine rings is 2. The molecule has 11 heteroatoms. The number of rotatable bonds is 6. The molecule has 4 aromatic heterocycles. The fourth-order valence-electron chi connectivity index (χ4n) is 5.69. The zero-order valence-corrected chi connectivity index (χ0v) is 25.7. The minimum absolute atomic E-state index is 0.103. The molecule has 0 saturated heterocycles. The number of halogens is 1. The zero-order chi connectivity index (χ0) is 31.9. The number of benzene rings is 2. The SMILES string of the molecule is CN(C)C(=O)n1cc(C(=O)c2ccn3c2CS[C@@H]3c2ccc[n+](NC(=O)c3cccnc3)c2)c2ccc(-c3ccc(F)cc3)cc21. The van der Waals surface area contributed by atoms with Crippen molar-refractivity contribution in [1.82, 2.24) is 19.0 Å². The Hall–Kier alpha value is -5.55. The normalized spacial score (nSPS) is 13.8. The minimum atomic E-state index is -0.330. The summed E-state index contributed by atoms with van der Waals surface area (Å²) >= 11 is 1.68. The van der Waals surface area contributed by atoms with Crippen molar-refractivity contribution in [3.05, 3.63) is 144 Å². The molecule has 0 saturated carbocycles. The number of carbonyl (C=O) groups is 3. The van der Waals surface area contributed by atoms with E-state index in [0.717, 1.165) is 22.4 Å². The highest BCUT2D eigenvalue weighted by Gasteiger charge is 2.31. The van der Waals surface area contributed by atoms with E-state index >= 15 is 0 Å². The van der Waals surface area contributed by atoms with Gasteiger partial charge in [0, 0.05) is 72.9 Å². The Morgan fingerprint density at radius 1 is 1.00 bits per heavy atom. The number of fused-ring (bicyclic) bond motifs is 2. The molecule has 0 fully saturated rings. The van der Waals surface area contributed by atoms with Crippen molar-refractivity contribution in [1.29, 1.82) is 0 Å². The molecular weight excluding hydrogens is 603 g/mol. The van der Waals surface area contributed by atoms with Crippen LogP contribution in [0.25, 0.3) is 22.0 Å². The monoisotopic (exact) mass is 631 g/mol. The number of aromatic nitrogens is 4. The molecule has 0 aliphatic carbocycles. The molecule has 1 aliphatic heterocycles. The number of carbonyl (C=O) groups excluding carboxylic acids is 3. The van der Waals surface area contributed by atoms with Gasteiger partial charge in [-0.25, -0.2) is 9.18 Å². The van der Waals surface area contributed by atoms with Gasteiger partial charge in [0.2, 0.25) is 6.20 Å². The minimum Gasteiger partial charge on any atom is -0.333 e. The molecule has 0 radical (unpaired) electrons. The van der Waals surface area contributed by atoms with Gasteiger partial charge in [-0.2, -0.15) is 0 Å². The van der Waals surface area contributed by atoms with Gasteiger partial charge >= 0.3 is 11.9 Å². The Kier molecular flexibility index (Phi) is 7.45. The van der Waals surface area contributed by atoms with E-state index in [9.17, 15) is 18.8 Å². The number of amides is 2. The Bertz CT molecular complexity index is 2140. The lowest BCUT2D eigenvalue weighted by molar-refractivity contribution is -0.641. The predicted molar refractivity (Wildman–Crippen MR) is 174 cm³/mol. The lowest BCUT2D eigenvalue weighted by Gasteiger charge is -2.12. The number of hydrogen-bond acceptors (Lipinski definition) is 5. The Morgan fingerprint density at radius 2 is 1.80 bits per heavy atom. The van der Waals surface area contributed by atoms with Gasteiger partial charge in [0.1, 0.15) is 11.2 Å². The van der Waals surface area contributed by atoms with Crippen molar-refractivity contribution in [3.8, 4) is 11.1 Å². The summed E-state index contributed by atoms with van der Waals surface area (Å²) in [6, 6.07) is 20.5. The van der Waals surface area contributed by atoms with Crippen LogP contribution in [0.15, 0.2) is 110 Å². The predicted octanol–water partition coefficient (Wildman–Crippen LogP) is 5.87. The summed E-state index contributed by atoms with van der Waals surface area (Å²) in [4.78, 5) is 45.5.